The number of sulfonamides is 1. The largest absolute Gasteiger partial charge is 0.389 e. The second-order valence-electron chi connectivity index (χ2n) is 4.34. The van der Waals surface area contributed by atoms with Crippen LogP contribution in [0.15, 0.2) is 57.9 Å². The van der Waals surface area contributed by atoms with E-state index in [1.165, 1.54) is 12.1 Å². The van der Waals surface area contributed by atoms with Crippen LogP contribution < -0.4 is 10.5 Å². The van der Waals surface area contributed by atoms with Gasteiger partial charge in [-0.25, -0.2) is 13.1 Å². The summed E-state index contributed by atoms with van der Waals surface area (Å²) in [7, 11) is -3.56. The fourth-order valence-corrected chi connectivity index (χ4v) is 3.31. The summed E-state index contributed by atoms with van der Waals surface area (Å²) in [6, 6.07) is 13.6. The number of hydrogen-bond donors (Lipinski definition) is 2. The van der Waals surface area contributed by atoms with E-state index in [0.717, 1.165) is 10.0 Å². The average Bonchev–Trinajstić information content (AvgIpc) is 2.45. The molecule has 0 saturated heterocycles. The van der Waals surface area contributed by atoms with Crippen molar-refractivity contribution in [3.63, 3.8) is 0 Å². The minimum Gasteiger partial charge on any atom is -0.389 e. The van der Waals surface area contributed by atoms with Gasteiger partial charge in [-0.3, -0.25) is 0 Å². The van der Waals surface area contributed by atoms with E-state index >= 15 is 0 Å². The molecule has 7 heteroatoms. The van der Waals surface area contributed by atoms with E-state index in [4.69, 9.17) is 18.0 Å². The third-order valence-electron chi connectivity index (χ3n) is 2.80. The summed E-state index contributed by atoms with van der Waals surface area (Å²) in [6.07, 6.45) is 0. The first-order chi connectivity index (χ1) is 9.88. The molecule has 0 heterocycles. The van der Waals surface area contributed by atoms with Crippen LogP contribution in [0.4, 0.5) is 0 Å². The van der Waals surface area contributed by atoms with Gasteiger partial charge in [0, 0.05) is 16.6 Å². The first kappa shape index (κ1) is 16.1. The molecule has 0 aliphatic rings. The predicted molar refractivity (Wildman–Crippen MR) is 90.5 cm³/mol. The zero-order valence-electron chi connectivity index (χ0n) is 10.9. The molecule has 2 rings (SSSR count). The summed E-state index contributed by atoms with van der Waals surface area (Å²) in [6.45, 7) is 0.221. The van der Waals surface area contributed by atoms with E-state index in [1.54, 1.807) is 12.1 Å². The Labute approximate surface area is 137 Å². The number of halogens is 1. The number of benzene rings is 2. The van der Waals surface area contributed by atoms with Gasteiger partial charge in [0.05, 0.1) is 4.90 Å². The van der Waals surface area contributed by atoms with Crippen LogP contribution in [0, 0.1) is 0 Å². The van der Waals surface area contributed by atoms with Crippen LogP contribution in [0.1, 0.15) is 11.1 Å². The molecule has 3 N–H and O–H groups in total. The molecule has 0 amide bonds. The van der Waals surface area contributed by atoms with Crippen LogP contribution in [0.25, 0.3) is 0 Å². The van der Waals surface area contributed by atoms with Gasteiger partial charge >= 0.3 is 0 Å². The van der Waals surface area contributed by atoms with Crippen molar-refractivity contribution in [3.05, 3.63) is 64.1 Å². The van der Waals surface area contributed by atoms with Gasteiger partial charge in [0.15, 0.2) is 0 Å². The van der Waals surface area contributed by atoms with Crippen molar-refractivity contribution in [2.24, 2.45) is 5.73 Å². The maximum atomic E-state index is 12.2. The Bertz CT molecular complexity index is 759. The van der Waals surface area contributed by atoms with Gasteiger partial charge < -0.3 is 5.73 Å². The number of nitrogens with two attached hydrogens (primary N) is 1. The number of nitrogens with one attached hydrogen (secondary N) is 1. The smallest absolute Gasteiger partial charge is 0.240 e. The van der Waals surface area contributed by atoms with Gasteiger partial charge in [0.2, 0.25) is 10.0 Å². The molecule has 0 fully saturated rings. The van der Waals surface area contributed by atoms with Crippen molar-refractivity contribution in [3.8, 4) is 0 Å². The molecule has 2 aromatic rings. The monoisotopic (exact) mass is 384 g/mol. The van der Waals surface area contributed by atoms with Gasteiger partial charge in [-0.05, 0) is 29.8 Å². The summed E-state index contributed by atoms with van der Waals surface area (Å²) in [4.78, 5) is 0.415. The normalized spacial score (nSPS) is 11.3. The lowest BCUT2D eigenvalue weighted by atomic mass is 10.2. The fourth-order valence-electron chi connectivity index (χ4n) is 1.71. The maximum Gasteiger partial charge on any atom is 0.240 e. The van der Waals surface area contributed by atoms with Crippen LogP contribution in [-0.2, 0) is 16.6 Å². The number of rotatable bonds is 5. The fraction of sp³-hybridized carbons (Fsp3) is 0.0714. The number of hydrogen-bond acceptors (Lipinski definition) is 3. The Hall–Kier alpha value is -1.28. The molecule has 0 atom stereocenters. The van der Waals surface area contributed by atoms with E-state index < -0.39 is 10.0 Å². The van der Waals surface area contributed by atoms with E-state index in [9.17, 15) is 8.42 Å². The van der Waals surface area contributed by atoms with Gasteiger partial charge in [-0.1, -0.05) is 52.4 Å². The van der Waals surface area contributed by atoms with Crippen LogP contribution in [-0.4, -0.2) is 13.4 Å². The van der Waals surface area contributed by atoms with E-state index in [2.05, 4.69) is 20.7 Å². The summed E-state index contributed by atoms with van der Waals surface area (Å²) in [5.41, 5.74) is 6.99. The summed E-state index contributed by atoms with van der Waals surface area (Å²) in [5.74, 6) is 0. The number of thiocarbonyl (C=S) groups is 1. The highest BCUT2D eigenvalue weighted by Gasteiger charge is 2.13. The van der Waals surface area contributed by atoms with Gasteiger partial charge in [-0.2, -0.15) is 0 Å². The van der Waals surface area contributed by atoms with Crippen molar-refractivity contribution in [1.82, 2.24) is 4.72 Å². The SMILES string of the molecule is NC(=S)c1ccc(S(=O)(=O)NCc2cccc(Br)c2)cc1. The molecular formula is C14H13BrN2O2S2. The highest BCUT2D eigenvalue weighted by Crippen LogP contribution is 2.14. The van der Waals surface area contributed by atoms with Gasteiger partial charge in [0.25, 0.3) is 0 Å². The molecule has 21 heavy (non-hydrogen) atoms. The zero-order chi connectivity index (χ0) is 15.5. The van der Waals surface area contributed by atoms with Crippen LogP contribution >= 0.6 is 28.1 Å². The second-order valence-corrected chi connectivity index (χ2v) is 7.47. The molecule has 0 bridgehead atoms. The second kappa shape index (κ2) is 6.65. The third kappa shape index (κ3) is 4.34. The van der Waals surface area contributed by atoms with E-state index in [-0.39, 0.29) is 16.4 Å². The third-order valence-corrected chi connectivity index (χ3v) is 4.95. The molecule has 110 valence electrons. The Morgan fingerprint density at radius 2 is 1.86 bits per heavy atom. The average molecular weight is 385 g/mol. The topological polar surface area (TPSA) is 72.2 Å². The molecule has 0 aliphatic carbocycles. The highest BCUT2D eigenvalue weighted by atomic mass is 79.9. The summed E-state index contributed by atoms with van der Waals surface area (Å²) >= 11 is 8.18. The highest BCUT2D eigenvalue weighted by molar-refractivity contribution is 9.10. The van der Waals surface area contributed by atoms with Crippen molar-refractivity contribution in [1.29, 1.82) is 0 Å². The quantitative estimate of drug-likeness (QED) is 0.776. The van der Waals surface area contributed by atoms with Crippen LogP contribution in [0.3, 0.4) is 0 Å². The lowest BCUT2D eigenvalue weighted by Crippen LogP contribution is -2.23. The van der Waals surface area contributed by atoms with E-state index in [0.29, 0.717) is 5.56 Å². The zero-order valence-corrected chi connectivity index (χ0v) is 14.1. The molecule has 0 unspecified atom stereocenters. The lowest BCUT2D eigenvalue weighted by Gasteiger charge is -2.08. The molecule has 4 nitrogen and oxygen atoms in total. The van der Waals surface area contributed by atoms with Crippen LogP contribution in [0.2, 0.25) is 0 Å². The first-order valence-electron chi connectivity index (χ1n) is 6.02. The lowest BCUT2D eigenvalue weighted by molar-refractivity contribution is 0.581. The molecule has 0 radical (unpaired) electrons. The Kier molecular flexibility index (Phi) is 5.10. The van der Waals surface area contributed by atoms with Crippen molar-refractivity contribution in [2.45, 2.75) is 11.4 Å². The minimum absolute atomic E-state index is 0.178. The van der Waals surface area contributed by atoms with Crippen molar-refractivity contribution in [2.75, 3.05) is 0 Å². The first-order valence-corrected chi connectivity index (χ1v) is 8.71. The minimum atomic E-state index is -3.56. The summed E-state index contributed by atoms with van der Waals surface area (Å²) in [5, 5.41) is 0. The molecule has 0 spiro atoms. The van der Waals surface area contributed by atoms with Crippen molar-refractivity contribution < 1.29 is 8.42 Å². The molecule has 0 aromatic heterocycles. The van der Waals surface area contributed by atoms with Gasteiger partial charge in [0.1, 0.15) is 4.99 Å². The van der Waals surface area contributed by atoms with Crippen molar-refractivity contribution >= 4 is 43.2 Å². The molecule has 0 saturated carbocycles. The molecular weight excluding hydrogens is 372 g/mol. The van der Waals surface area contributed by atoms with Crippen LogP contribution in [0.5, 0.6) is 0 Å². The molecule has 0 aliphatic heterocycles. The maximum absolute atomic E-state index is 12.2. The Balaban J connectivity index is 2.13. The van der Waals surface area contributed by atoms with Gasteiger partial charge in [-0.15, -0.1) is 0 Å². The van der Waals surface area contributed by atoms with E-state index in [1.807, 2.05) is 24.3 Å². The Morgan fingerprint density at radius 3 is 2.43 bits per heavy atom. The molecule has 2 aromatic carbocycles. The predicted octanol–water partition coefficient (Wildman–Crippen LogP) is 2.56. The Morgan fingerprint density at radius 1 is 1.19 bits per heavy atom. The standard InChI is InChI=1S/C14H13BrN2O2S2/c15-12-3-1-2-10(8-12)9-17-21(18,19)13-6-4-11(5-7-13)14(16)20/h1-8,17H,9H2,(H2,16,20). The summed E-state index contributed by atoms with van der Waals surface area (Å²) < 4.78 is 27.8.